The molecule has 0 aliphatic rings. The summed E-state index contributed by atoms with van der Waals surface area (Å²) in [7, 11) is 1.62. The van der Waals surface area contributed by atoms with Crippen LogP contribution in [0.15, 0.2) is 36.5 Å². The highest BCUT2D eigenvalue weighted by Crippen LogP contribution is 2.26. The molecular weight excluding hydrogens is 254 g/mol. The van der Waals surface area contributed by atoms with Crippen molar-refractivity contribution < 1.29 is 14.3 Å². The summed E-state index contributed by atoms with van der Waals surface area (Å²) in [5, 5.41) is 0. The van der Waals surface area contributed by atoms with Crippen LogP contribution in [0.25, 0.3) is 11.1 Å². The van der Waals surface area contributed by atoms with E-state index in [1.165, 1.54) is 0 Å². The molecule has 0 spiro atoms. The van der Waals surface area contributed by atoms with Crippen molar-refractivity contribution in [3.63, 3.8) is 0 Å². The van der Waals surface area contributed by atoms with Crippen LogP contribution in [0.5, 0.6) is 5.75 Å². The van der Waals surface area contributed by atoms with E-state index in [9.17, 15) is 4.79 Å². The third-order valence-electron chi connectivity index (χ3n) is 2.93. The second kappa shape index (κ2) is 6.82. The number of nitrogens with zero attached hydrogens (tertiary/aromatic N) is 1. The summed E-state index contributed by atoms with van der Waals surface area (Å²) in [4.78, 5) is 15.5. The molecule has 0 unspecified atom stereocenters. The Kier molecular flexibility index (Phi) is 4.85. The lowest BCUT2D eigenvalue weighted by atomic mass is 10.0. The van der Waals surface area contributed by atoms with E-state index < -0.39 is 0 Å². The summed E-state index contributed by atoms with van der Waals surface area (Å²) in [6.07, 6.45) is 2.60. The number of aryl methyl sites for hydroxylation is 1. The lowest BCUT2D eigenvalue weighted by Crippen LogP contribution is -2.04. The van der Waals surface area contributed by atoms with E-state index >= 15 is 0 Å². The first-order chi connectivity index (χ1) is 9.74. The van der Waals surface area contributed by atoms with Gasteiger partial charge in [-0.05, 0) is 36.8 Å². The molecule has 0 aliphatic heterocycles. The molecule has 0 fully saturated rings. The highest BCUT2D eigenvalue weighted by atomic mass is 16.5. The summed E-state index contributed by atoms with van der Waals surface area (Å²) in [6.45, 7) is 2.90. The molecule has 4 heteroatoms. The van der Waals surface area contributed by atoms with Gasteiger partial charge < -0.3 is 9.47 Å². The van der Waals surface area contributed by atoms with Crippen LogP contribution in [0.2, 0.25) is 0 Å². The van der Waals surface area contributed by atoms with Crippen molar-refractivity contribution in [2.75, 3.05) is 20.3 Å². The fourth-order valence-electron chi connectivity index (χ4n) is 1.86. The molecule has 20 heavy (non-hydrogen) atoms. The van der Waals surface area contributed by atoms with Gasteiger partial charge in [0.1, 0.15) is 12.4 Å². The fourth-order valence-corrected chi connectivity index (χ4v) is 1.86. The minimum Gasteiger partial charge on any atom is -0.491 e. The minimum atomic E-state index is 0.459. The zero-order valence-electron chi connectivity index (χ0n) is 11.6. The van der Waals surface area contributed by atoms with E-state index in [2.05, 4.69) is 4.98 Å². The van der Waals surface area contributed by atoms with Crippen LogP contribution in [0, 0.1) is 6.92 Å². The van der Waals surface area contributed by atoms with Gasteiger partial charge in [0, 0.05) is 30.1 Å². The maximum absolute atomic E-state index is 11.2. The van der Waals surface area contributed by atoms with Gasteiger partial charge in [-0.15, -0.1) is 0 Å². The topological polar surface area (TPSA) is 48.4 Å². The molecule has 2 rings (SSSR count). The average molecular weight is 271 g/mol. The number of rotatable bonds is 6. The van der Waals surface area contributed by atoms with Crippen molar-refractivity contribution in [1.29, 1.82) is 0 Å². The van der Waals surface area contributed by atoms with E-state index in [4.69, 9.17) is 9.47 Å². The molecule has 0 N–H and O–H groups in total. The van der Waals surface area contributed by atoms with Gasteiger partial charge >= 0.3 is 0 Å². The summed E-state index contributed by atoms with van der Waals surface area (Å²) < 4.78 is 10.4. The number of methoxy groups -OCH3 is 1. The summed E-state index contributed by atoms with van der Waals surface area (Å²) in [5.74, 6) is 0.660. The Labute approximate surface area is 118 Å². The normalized spacial score (nSPS) is 10.3. The zero-order valence-corrected chi connectivity index (χ0v) is 11.6. The number of ether oxygens (including phenoxy) is 2. The van der Waals surface area contributed by atoms with Crippen LogP contribution in [0.4, 0.5) is 0 Å². The summed E-state index contributed by atoms with van der Waals surface area (Å²) in [6, 6.07) is 9.33. The second-order valence-electron chi connectivity index (χ2n) is 4.40. The van der Waals surface area contributed by atoms with Crippen LogP contribution in [-0.4, -0.2) is 31.6 Å². The van der Waals surface area contributed by atoms with Gasteiger partial charge in [0.25, 0.3) is 0 Å². The first-order valence-corrected chi connectivity index (χ1v) is 6.38. The van der Waals surface area contributed by atoms with E-state index in [1.54, 1.807) is 19.4 Å². The lowest BCUT2D eigenvalue weighted by Gasteiger charge is -2.09. The molecule has 0 radical (unpaired) electrons. The van der Waals surface area contributed by atoms with Crippen molar-refractivity contribution in [2.24, 2.45) is 0 Å². The molecule has 0 bridgehead atoms. The molecule has 0 aliphatic carbocycles. The quantitative estimate of drug-likeness (QED) is 0.598. The predicted molar refractivity (Wildman–Crippen MR) is 77.2 cm³/mol. The molecule has 104 valence electrons. The Morgan fingerprint density at radius 3 is 2.70 bits per heavy atom. The number of carbonyl (C=O) groups excluding carboxylic acids is 1. The highest BCUT2D eigenvalue weighted by molar-refractivity contribution is 5.88. The first-order valence-electron chi connectivity index (χ1n) is 6.38. The number of hydrogen-bond donors (Lipinski definition) is 0. The van der Waals surface area contributed by atoms with Gasteiger partial charge in [-0.2, -0.15) is 0 Å². The third-order valence-corrected chi connectivity index (χ3v) is 2.93. The van der Waals surface area contributed by atoms with Gasteiger partial charge in [0.15, 0.2) is 6.29 Å². The summed E-state index contributed by atoms with van der Waals surface area (Å²) in [5.41, 5.74) is 3.30. The number of hydrogen-bond acceptors (Lipinski definition) is 4. The van der Waals surface area contributed by atoms with E-state index in [-0.39, 0.29) is 0 Å². The van der Waals surface area contributed by atoms with Crippen LogP contribution in [-0.2, 0) is 4.74 Å². The van der Waals surface area contributed by atoms with Crippen molar-refractivity contribution >= 4 is 6.29 Å². The molecule has 1 aromatic heterocycles. The van der Waals surface area contributed by atoms with Gasteiger partial charge in [0.2, 0.25) is 0 Å². The molecule has 2 aromatic rings. The number of benzene rings is 1. The zero-order chi connectivity index (χ0) is 14.4. The van der Waals surface area contributed by atoms with E-state index in [1.807, 2.05) is 31.2 Å². The minimum absolute atomic E-state index is 0.459. The smallest absolute Gasteiger partial charge is 0.150 e. The van der Waals surface area contributed by atoms with Crippen molar-refractivity contribution in [3.05, 3.63) is 47.8 Å². The Morgan fingerprint density at radius 2 is 2.05 bits per heavy atom. The molecule has 4 nitrogen and oxygen atoms in total. The van der Waals surface area contributed by atoms with Crippen LogP contribution >= 0.6 is 0 Å². The monoisotopic (exact) mass is 271 g/mol. The number of pyridine rings is 1. The van der Waals surface area contributed by atoms with E-state index in [0.717, 1.165) is 23.1 Å². The molecule has 1 aromatic carbocycles. The number of carbonyl (C=O) groups is 1. The highest BCUT2D eigenvalue weighted by Gasteiger charge is 2.07. The van der Waals surface area contributed by atoms with Crippen molar-refractivity contribution in [1.82, 2.24) is 4.98 Å². The molecule has 0 amide bonds. The van der Waals surface area contributed by atoms with Gasteiger partial charge in [-0.1, -0.05) is 6.07 Å². The molecular formula is C16H17NO3. The Hall–Kier alpha value is -2.20. The molecule has 1 heterocycles. The lowest BCUT2D eigenvalue weighted by molar-refractivity contribution is 0.112. The van der Waals surface area contributed by atoms with Gasteiger partial charge in [-0.25, -0.2) is 0 Å². The van der Waals surface area contributed by atoms with Crippen LogP contribution in [0.3, 0.4) is 0 Å². The third kappa shape index (κ3) is 3.42. The Bertz CT molecular complexity index is 579. The molecule has 0 saturated carbocycles. The van der Waals surface area contributed by atoms with Crippen LogP contribution < -0.4 is 4.74 Å². The molecule has 0 saturated heterocycles. The fraction of sp³-hybridized carbons (Fsp3) is 0.250. The van der Waals surface area contributed by atoms with Crippen molar-refractivity contribution in [2.45, 2.75) is 6.92 Å². The number of aldehydes is 1. The Balaban J connectivity index is 2.25. The van der Waals surface area contributed by atoms with Crippen LogP contribution in [0.1, 0.15) is 16.1 Å². The van der Waals surface area contributed by atoms with Gasteiger partial charge in [0.05, 0.1) is 6.61 Å². The standard InChI is InChI=1S/C16H17NO3/c1-12-3-4-13(10-17-12)16-6-5-15(9-14(16)11-18)20-8-7-19-2/h3-6,9-11H,7-8H2,1-2H3. The summed E-state index contributed by atoms with van der Waals surface area (Å²) >= 11 is 0. The SMILES string of the molecule is COCCOc1ccc(-c2ccc(C)nc2)c(C=O)c1. The largest absolute Gasteiger partial charge is 0.491 e. The van der Waals surface area contributed by atoms with Crippen molar-refractivity contribution in [3.8, 4) is 16.9 Å². The molecule has 0 atom stereocenters. The average Bonchev–Trinajstić information content (AvgIpc) is 2.48. The first kappa shape index (κ1) is 14.2. The van der Waals surface area contributed by atoms with Gasteiger partial charge in [-0.3, -0.25) is 9.78 Å². The number of aromatic nitrogens is 1. The maximum atomic E-state index is 11.2. The maximum Gasteiger partial charge on any atom is 0.150 e. The predicted octanol–water partition coefficient (Wildman–Crippen LogP) is 2.89. The Morgan fingerprint density at radius 1 is 1.20 bits per heavy atom. The second-order valence-corrected chi connectivity index (χ2v) is 4.40. The van der Waals surface area contributed by atoms with E-state index in [0.29, 0.717) is 24.5 Å².